The van der Waals surface area contributed by atoms with Crippen LogP contribution >= 0.6 is 11.3 Å². The summed E-state index contributed by atoms with van der Waals surface area (Å²) in [5, 5.41) is 13.6. The molecule has 176 valence electrons. The van der Waals surface area contributed by atoms with Crippen molar-refractivity contribution >= 4 is 32.2 Å². The minimum absolute atomic E-state index is 0.0819. The van der Waals surface area contributed by atoms with Gasteiger partial charge >= 0.3 is 0 Å². The Morgan fingerprint density at radius 2 is 1.61 bits per heavy atom. The lowest BCUT2D eigenvalue weighted by Gasteiger charge is -2.55. The number of carbonyl (C=O) groups is 1. The highest BCUT2D eigenvalue weighted by Crippen LogP contribution is 2.61. The molecule has 1 atom stereocenters. The molecule has 7 nitrogen and oxygen atoms in total. The third-order valence-corrected chi connectivity index (χ3v) is 10.9. The number of sulfone groups is 1. The second-order valence-corrected chi connectivity index (χ2v) is 13.9. The van der Waals surface area contributed by atoms with Crippen LogP contribution in [0.5, 0.6) is 0 Å². The summed E-state index contributed by atoms with van der Waals surface area (Å²) in [5.74, 6) is 2.48. The Labute approximate surface area is 198 Å². The van der Waals surface area contributed by atoms with Crippen molar-refractivity contribution in [3.63, 3.8) is 0 Å². The van der Waals surface area contributed by atoms with Crippen LogP contribution in [0, 0.1) is 17.8 Å². The number of carbonyl (C=O) groups excluding carboxylic acids is 1. The molecular weight excluding hydrogens is 456 g/mol. The van der Waals surface area contributed by atoms with Crippen LogP contribution in [0.4, 0.5) is 5.13 Å². The maximum Gasteiger partial charge on any atom is 0.248 e. The average molecular weight is 487 g/mol. The largest absolute Gasteiger partial charge is 0.299 e. The van der Waals surface area contributed by atoms with E-state index in [0.29, 0.717) is 18.2 Å². The molecule has 1 amide bonds. The van der Waals surface area contributed by atoms with Gasteiger partial charge in [-0.15, -0.1) is 10.2 Å². The van der Waals surface area contributed by atoms with Gasteiger partial charge in [-0.1, -0.05) is 41.7 Å². The Kier molecular flexibility index (Phi) is 5.34. The van der Waals surface area contributed by atoms with Crippen LogP contribution in [0.1, 0.15) is 55.1 Å². The van der Waals surface area contributed by atoms with E-state index < -0.39 is 15.9 Å². The quantitative estimate of drug-likeness (QED) is 0.696. The number of amides is 1. The summed E-state index contributed by atoms with van der Waals surface area (Å²) in [5.41, 5.74) is 1.02. The van der Waals surface area contributed by atoms with Crippen LogP contribution in [0.25, 0.3) is 0 Å². The summed E-state index contributed by atoms with van der Waals surface area (Å²) < 4.78 is 23.9. The van der Waals surface area contributed by atoms with Crippen molar-refractivity contribution in [3.05, 3.63) is 40.9 Å². The lowest BCUT2D eigenvalue weighted by Crippen LogP contribution is -2.48. The molecule has 1 aliphatic heterocycles. The number of aromatic nitrogens is 2. The smallest absolute Gasteiger partial charge is 0.248 e. The molecule has 4 aliphatic carbocycles. The number of hydrogen-bond donors (Lipinski definition) is 1. The molecule has 2 aromatic rings. The molecule has 4 saturated carbocycles. The van der Waals surface area contributed by atoms with Gasteiger partial charge < -0.3 is 0 Å². The molecule has 9 heteroatoms. The summed E-state index contributed by atoms with van der Waals surface area (Å²) in [4.78, 5) is 15.4. The molecule has 33 heavy (non-hydrogen) atoms. The zero-order valence-corrected chi connectivity index (χ0v) is 20.3. The van der Waals surface area contributed by atoms with Crippen LogP contribution in [-0.2, 0) is 20.0 Å². The number of nitrogens with one attached hydrogen (secondary N) is 1. The molecular formula is C24H30N4O3S2. The van der Waals surface area contributed by atoms with Crippen molar-refractivity contribution in [2.75, 3.05) is 29.9 Å². The standard InChI is InChI=1S/C24H30N4O3S2/c29-21(20(19-4-2-1-3-5-19)28-6-8-33(30,31)9-7-28)25-23-27-26-22(32-23)24-13-16-10-17(14-24)12-18(11-16)15-24/h1-5,16-18,20H,6-15H2,(H,25,27,29). The highest BCUT2D eigenvalue weighted by molar-refractivity contribution is 7.91. The van der Waals surface area contributed by atoms with E-state index in [0.717, 1.165) is 28.3 Å². The highest BCUT2D eigenvalue weighted by atomic mass is 32.2. The molecule has 1 aromatic heterocycles. The van der Waals surface area contributed by atoms with Crippen molar-refractivity contribution in [2.24, 2.45) is 17.8 Å². The van der Waals surface area contributed by atoms with Gasteiger partial charge in [0.15, 0.2) is 9.84 Å². The molecule has 1 aromatic carbocycles. The second kappa shape index (κ2) is 8.13. The number of benzene rings is 1. The van der Waals surface area contributed by atoms with E-state index in [1.54, 1.807) is 11.3 Å². The summed E-state index contributed by atoms with van der Waals surface area (Å²) in [6.07, 6.45) is 7.80. The van der Waals surface area contributed by atoms with Gasteiger partial charge in [0.25, 0.3) is 0 Å². The summed E-state index contributed by atoms with van der Waals surface area (Å²) in [6.45, 7) is 0.702. The Morgan fingerprint density at radius 1 is 1.00 bits per heavy atom. The van der Waals surface area contributed by atoms with Crippen LogP contribution in [0.3, 0.4) is 0 Å². The molecule has 1 saturated heterocycles. The minimum Gasteiger partial charge on any atom is -0.299 e. The third kappa shape index (κ3) is 4.12. The van der Waals surface area contributed by atoms with E-state index >= 15 is 0 Å². The predicted molar refractivity (Wildman–Crippen MR) is 128 cm³/mol. The molecule has 4 bridgehead atoms. The zero-order chi connectivity index (χ0) is 22.6. The van der Waals surface area contributed by atoms with Gasteiger partial charge in [0, 0.05) is 18.5 Å². The van der Waals surface area contributed by atoms with E-state index in [-0.39, 0.29) is 22.8 Å². The molecule has 2 heterocycles. The van der Waals surface area contributed by atoms with Gasteiger partial charge in [0.2, 0.25) is 11.0 Å². The van der Waals surface area contributed by atoms with Crippen molar-refractivity contribution in [1.29, 1.82) is 0 Å². The molecule has 1 unspecified atom stereocenters. The van der Waals surface area contributed by atoms with E-state index in [1.165, 1.54) is 38.5 Å². The van der Waals surface area contributed by atoms with Gasteiger partial charge in [0.05, 0.1) is 11.5 Å². The Morgan fingerprint density at radius 3 is 2.21 bits per heavy atom. The Bertz CT molecular complexity index is 1100. The Balaban J connectivity index is 1.22. The first kappa shape index (κ1) is 21.7. The summed E-state index contributed by atoms with van der Waals surface area (Å²) in [6, 6.07) is 9.04. The van der Waals surface area contributed by atoms with Crippen molar-refractivity contribution in [1.82, 2.24) is 15.1 Å². The number of anilines is 1. The van der Waals surface area contributed by atoms with Crippen LogP contribution < -0.4 is 5.32 Å². The van der Waals surface area contributed by atoms with Crippen molar-refractivity contribution < 1.29 is 13.2 Å². The predicted octanol–water partition coefficient (Wildman–Crippen LogP) is 3.42. The minimum atomic E-state index is -3.03. The molecule has 0 spiro atoms. The monoisotopic (exact) mass is 486 g/mol. The Hall–Kier alpha value is -1.84. The first-order valence-electron chi connectivity index (χ1n) is 12.0. The summed E-state index contributed by atoms with van der Waals surface area (Å²) in [7, 11) is -3.03. The van der Waals surface area contributed by atoms with Crippen LogP contribution in [0.15, 0.2) is 30.3 Å². The molecule has 1 N–H and O–H groups in total. The van der Waals surface area contributed by atoms with E-state index in [9.17, 15) is 13.2 Å². The van der Waals surface area contributed by atoms with Crippen LogP contribution in [-0.4, -0.2) is 54.0 Å². The first-order valence-corrected chi connectivity index (χ1v) is 14.7. The molecule has 0 radical (unpaired) electrons. The number of hydrogen-bond acceptors (Lipinski definition) is 7. The fourth-order valence-corrected chi connectivity index (χ4v) is 9.38. The molecule has 5 aliphatic rings. The number of nitrogens with zero attached hydrogens (tertiary/aromatic N) is 3. The van der Waals surface area contributed by atoms with Gasteiger partial charge in [0.1, 0.15) is 11.0 Å². The van der Waals surface area contributed by atoms with Gasteiger partial charge in [-0.05, 0) is 61.8 Å². The highest BCUT2D eigenvalue weighted by Gasteiger charge is 2.53. The van der Waals surface area contributed by atoms with E-state index in [2.05, 4.69) is 15.5 Å². The zero-order valence-electron chi connectivity index (χ0n) is 18.7. The van der Waals surface area contributed by atoms with Gasteiger partial charge in [-0.25, -0.2) is 8.42 Å². The topological polar surface area (TPSA) is 92.3 Å². The molecule has 7 rings (SSSR count). The number of rotatable bonds is 5. The van der Waals surface area contributed by atoms with Crippen molar-refractivity contribution in [2.45, 2.75) is 50.0 Å². The maximum atomic E-state index is 13.5. The third-order valence-electron chi connectivity index (χ3n) is 8.25. The SMILES string of the molecule is O=C(Nc1nnc(C23CC4CC(CC(C4)C2)C3)s1)C(c1ccccc1)N1CCS(=O)(=O)CC1. The molecule has 5 fully saturated rings. The second-order valence-electron chi connectivity index (χ2n) is 10.6. The van der Waals surface area contributed by atoms with E-state index in [4.69, 9.17) is 0 Å². The fraction of sp³-hybridized carbons (Fsp3) is 0.625. The van der Waals surface area contributed by atoms with Gasteiger partial charge in [-0.2, -0.15) is 0 Å². The van der Waals surface area contributed by atoms with Crippen LogP contribution in [0.2, 0.25) is 0 Å². The normalized spacial score (nSPS) is 33.6. The fourth-order valence-electron chi connectivity index (χ4n) is 7.18. The lowest BCUT2D eigenvalue weighted by atomic mass is 9.50. The lowest BCUT2D eigenvalue weighted by molar-refractivity contribution is -0.121. The van der Waals surface area contributed by atoms with E-state index in [1.807, 2.05) is 35.2 Å². The maximum absolute atomic E-state index is 13.5. The summed E-state index contributed by atoms with van der Waals surface area (Å²) >= 11 is 1.54. The van der Waals surface area contributed by atoms with Gasteiger partial charge in [-0.3, -0.25) is 15.0 Å². The first-order chi connectivity index (χ1) is 15.9. The average Bonchev–Trinajstić information content (AvgIpc) is 3.24. The van der Waals surface area contributed by atoms with Crippen molar-refractivity contribution in [3.8, 4) is 0 Å².